The van der Waals surface area contributed by atoms with Crippen molar-refractivity contribution in [2.75, 3.05) is 10.6 Å². The van der Waals surface area contributed by atoms with Gasteiger partial charge in [0.1, 0.15) is 5.69 Å². The Morgan fingerprint density at radius 1 is 0.885 bits per heavy atom. The van der Waals surface area contributed by atoms with Gasteiger partial charge in [0.25, 0.3) is 5.91 Å². The van der Waals surface area contributed by atoms with E-state index in [1.54, 1.807) is 12.3 Å². The standard InChI is InChI=1S/C21H22N4O/c1-13-5-7-17(8-6-13)23-20(26)18-9-10-22-21(24-18)25-19-15(3)11-14(2)12-16(19)4/h5-12H,1-4H3,(H,23,26)(H,22,24,25). The largest absolute Gasteiger partial charge is 0.324 e. The summed E-state index contributed by atoms with van der Waals surface area (Å²) in [5.41, 5.74) is 6.58. The maximum Gasteiger partial charge on any atom is 0.274 e. The predicted molar refractivity (Wildman–Crippen MR) is 105 cm³/mol. The Balaban J connectivity index is 1.80. The highest BCUT2D eigenvalue weighted by molar-refractivity contribution is 6.03. The first-order valence-electron chi connectivity index (χ1n) is 8.48. The van der Waals surface area contributed by atoms with Gasteiger partial charge in [-0.3, -0.25) is 4.79 Å². The molecule has 0 aliphatic heterocycles. The van der Waals surface area contributed by atoms with Gasteiger partial charge in [-0.05, 0) is 57.0 Å². The zero-order valence-electron chi connectivity index (χ0n) is 15.4. The molecule has 26 heavy (non-hydrogen) atoms. The lowest BCUT2D eigenvalue weighted by molar-refractivity contribution is 0.102. The lowest BCUT2D eigenvalue weighted by atomic mass is 10.1. The number of benzene rings is 2. The van der Waals surface area contributed by atoms with Crippen molar-refractivity contribution in [3.8, 4) is 0 Å². The monoisotopic (exact) mass is 346 g/mol. The Morgan fingerprint density at radius 3 is 2.19 bits per heavy atom. The molecular formula is C21H22N4O. The molecule has 2 N–H and O–H groups in total. The molecule has 0 saturated carbocycles. The Labute approximate surface area is 153 Å². The molecule has 0 fully saturated rings. The number of anilines is 3. The average Bonchev–Trinajstić information content (AvgIpc) is 2.60. The molecule has 0 spiro atoms. The zero-order valence-corrected chi connectivity index (χ0v) is 15.4. The topological polar surface area (TPSA) is 66.9 Å². The molecule has 5 heteroatoms. The van der Waals surface area contributed by atoms with Crippen LogP contribution in [-0.2, 0) is 0 Å². The van der Waals surface area contributed by atoms with Gasteiger partial charge >= 0.3 is 0 Å². The summed E-state index contributed by atoms with van der Waals surface area (Å²) >= 11 is 0. The van der Waals surface area contributed by atoms with E-state index in [9.17, 15) is 4.79 Å². The number of carbonyl (C=O) groups excluding carboxylic acids is 1. The van der Waals surface area contributed by atoms with Crippen molar-refractivity contribution in [3.05, 3.63) is 76.6 Å². The molecule has 3 aromatic rings. The maximum atomic E-state index is 12.5. The van der Waals surface area contributed by atoms with Crippen LogP contribution in [0.4, 0.5) is 17.3 Å². The smallest absolute Gasteiger partial charge is 0.274 e. The van der Waals surface area contributed by atoms with Crippen LogP contribution in [0.15, 0.2) is 48.7 Å². The second-order valence-electron chi connectivity index (χ2n) is 6.48. The lowest BCUT2D eigenvalue weighted by Gasteiger charge is -2.13. The summed E-state index contributed by atoms with van der Waals surface area (Å²) < 4.78 is 0. The summed E-state index contributed by atoms with van der Waals surface area (Å²) in [4.78, 5) is 21.0. The Kier molecular flexibility index (Phi) is 4.98. The van der Waals surface area contributed by atoms with Crippen molar-refractivity contribution in [3.63, 3.8) is 0 Å². The van der Waals surface area contributed by atoms with Gasteiger partial charge < -0.3 is 10.6 Å². The van der Waals surface area contributed by atoms with Gasteiger partial charge in [0, 0.05) is 17.6 Å². The summed E-state index contributed by atoms with van der Waals surface area (Å²) in [5, 5.41) is 6.08. The second kappa shape index (κ2) is 7.35. The predicted octanol–water partition coefficient (Wildman–Crippen LogP) is 4.71. The minimum Gasteiger partial charge on any atom is -0.324 e. The highest BCUT2D eigenvalue weighted by Gasteiger charge is 2.11. The first-order chi connectivity index (χ1) is 12.4. The summed E-state index contributed by atoms with van der Waals surface area (Å²) in [5.74, 6) is 0.133. The first kappa shape index (κ1) is 17.6. The Hall–Kier alpha value is -3.21. The molecule has 132 valence electrons. The van der Waals surface area contributed by atoms with E-state index in [1.165, 1.54) is 5.56 Å². The number of aryl methyl sites for hydroxylation is 4. The van der Waals surface area contributed by atoms with Gasteiger partial charge in [0.15, 0.2) is 0 Å². The first-order valence-corrected chi connectivity index (χ1v) is 8.48. The number of nitrogens with zero attached hydrogens (tertiary/aromatic N) is 2. The van der Waals surface area contributed by atoms with Crippen molar-refractivity contribution < 1.29 is 4.79 Å². The molecule has 0 aliphatic carbocycles. The van der Waals surface area contributed by atoms with Crippen LogP contribution in [0.2, 0.25) is 0 Å². The average molecular weight is 346 g/mol. The van der Waals surface area contributed by atoms with Crippen molar-refractivity contribution >= 4 is 23.2 Å². The minimum atomic E-state index is -0.267. The lowest BCUT2D eigenvalue weighted by Crippen LogP contribution is -2.15. The van der Waals surface area contributed by atoms with E-state index in [-0.39, 0.29) is 5.91 Å². The fourth-order valence-corrected chi connectivity index (χ4v) is 2.87. The molecule has 1 amide bonds. The number of hydrogen-bond donors (Lipinski definition) is 2. The number of hydrogen-bond acceptors (Lipinski definition) is 4. The molecule has 0 unspecified atom stereocenters. The van der Waals surface area contributed by atoms with Gasteiger partial charge in [-0.2, -0.15) is 0 Å². The van der Waals surface area contributed by atoms with E-state index in [0.717, 1.165) is 28.1 Å². The number of aromatic nitrogens is 2. The quantitative estimate of drug-likeness (QED) is 0.718. The fourth-order valence-electron chi connectivity index (χ4n) is 2.87. The maximum absolute atomic E-state index is 12.5. The Bertz CT molecular complexity index is 925. The van der Waals surface area contributed by atoms with Gasteiger partial charge in [-0.15, -0.1) is 0 Å². The van der Waals surface area contributed by atoms with Crippen LogP contribution in [0, 0.1) is 27.7 Å². The molecule has 3 rings (SSSR count). The third kappa shape index (κ3) is 4.06. The van der Waals surface area contributed by atoms with Crippen LogP contribution >= 0.6 is 0 Å². The number of amides is 1. The van der Waals surface area contributed by atoms with Crippen LogP contribution in [0.1, 0.15) is 32.7 Å². The van der Waals surface area contributed by atoms with E-state index < -0.39 is 0 Å². The van der Waals surface area contributed by atoms with Crippen LogP contribution in [-0.4, -0.2) is 15.9 Å². The van der Waals surface area contributed by atoms with Crippen molar-refractivity contribution in [1.82, 2.24) is 9.97 Å². The second-order valence-corrected chi connectivity index (χ2v) is 6.48. The molecule has 0 atom stereocenters. The molecule has 2 aromatic carbocycles. The summed E-state index contributed by atoms with van der Waals surface area (Å²) in [6.45, 7) is 8.14. The number of carbonyl (C=O) groups is 1. The van der Waals surface area contributed by atoms with E-state index in [1.807, 2.05) is 45.0 Å². The summed E-state index contributed by atoms with van der Waals surface area (Å²) in [6.07, 6.45) is 1.58. The van der Waals surface area contributed by atoms with Gasteiger partial charge in [-0.25, -0.2) is 9.97 Å². The third-order valence-electron chi connectivity index (χ3n) is 4.11. The third-order valence-corrected chi connectivity index (χ3v) is 4.11. The summed E-state index contributed by atoms with van der Waals surface area (Å²) in [7, 11) is 0. The molecule has 0 saturated heterocycles. The van der Waals surface area contributed by atoms with Crippen LogP contribution in [0.5, 0.6) is 0 Å². The Morgan fingerprint density at radius 2 is 1.54 bits per heavy atom. The number of rotatable bonds is 4. The van der Waals surface area contributed by atoms with E-state index in [0.29, 0.717) is 11.6 Å². The minimum absolute atomic E-state index is 0.267. The normalized spacial score (nSPS) is 10.5. The van der Waals surface area contributed by atoms with E-state index in [4.69, 9.17) is 0 Å². The highest BCUT2D eigenvalue weighted by Crippen LogP contribution is 2.24. The van der Waals surface area contributed by atoms with Gasteiger partial charge in [-0.1, -0.05) is 35.4 Å². The van der Waals surface area contributed by atoms with Crippen molar-refractivity contribution in [2.24, 2.45) is 0 Å². The number of nitrogens with one attached hydrogen (secondary N) is 2. The van der Waals surface area contributed by atoms with Crippen molar-refractivity contribution in [2.45, 2.75) is 27.7 Å². The van der Waals surface area contributed by atoms with Crippen LogP contribution in [0.25, 0.3) is 0 Å². The molecular weight excluding hydrogens is 324 g/mol. The molecule has 0 radical (unpaired) electrons. The van der Waals surface area contributed by atoms with Gasteiger partial charge in [0.2, 0.25) is 5.95 Å². The van der Waals surface area contributed by atoms with Crippen LogP contribution < -0.4 is 10.6 Å². The van der Waals surface area contributed by atoms with Gasteiger partial charge in [0.05, 0.1) is 0 Å². The molecule has 1 heterocycles. The fraction of sp³-hybridized carbons (Fsp3) is 0.190. The molecule has 1 aromatic heterocycles. The molecule has 5 nitrogen and oxygen atoms in total. The molecule has 0 bridgehead atoms. The van der Waals surface area contributed by atoms with E-state index in [2.05, 4.69) is 39.7 Å². The zero-order chi connectivity index (χ0) is 18.7. The summed E-state index contributed by atoms with van der Waals surface area (Å²) in [6, 6.07) is 13.4. The molecule has 0 aliphatic rings. The SMILES string of the molecule is Cc1ccc(NC(=O)c2ccnc(Nc3c(C)cc(C)cc3C)n2)cc1. The highest BCUT2D eigenvalue weighted by atomic mass is 16.1. The van der Waals surface area contributed by atoms with Crippen LogP contribution in [0.3, 0.4) is 0 Å². The van der Waals surface area contributed by atoms with Crippen molar-refractivity contribution in [1.29, 1.82) is 0 Å². The van der Waals surface area contributed by atoms with E-state index >= 15 is 0 Å².